The molecule has 33 heavy (non-hydrogen) atoms. The Kier molecular flexibility index (Phi) is 5.87. The number of pyridine rings is 1. The van der Waals surface area contributed by atoms with Crippen LogP contribution in [0.15, 0.2) is 47.4 Å². The molecule has 0 radical (unpaired) electrons. The van der Waals surface area contributed by atoms with Gasteiger partial charge in [0.2, 0.25) is 5.82 Å². The monoisotopic (exact) mass is 470 g/mol. The Labute approximate surface area is 182 Å². The van der Waals surface area contributed by atoms with Crippen LogP contribution in [0.5, 0.6) is 5.75 Å². The fourth-order valence-electron chi connectivity index (χ4n) is 3.55. The van der Waals surface area contributed by atoms with Gasteiger partial charge in [-0.25, -0.2) is 4.98 Å². The van der Waals surface area contributed by atoms with E-state index < -0.39 is 23.9 Å². The van der Waals surface area contributed by atoms with Crippen molar-refractivity contribution in [1.29, 1.82) is 0 Å². The fraction of sp³-hybridized carbons (Fsp3) is 0.286. The zero-order valence-electron chi connectivity index (χ0n) is 16.8. The summed E-state index contributed by atoms with van der Waals surface area (Å²) in [6, 6.07) is 8.82. The molecular weight excluding hydrogens is 454 g/mol. The number of rotatable bonds is 4. The van der Waals surface area contributed by atoms with Crippen LogP contribution in [0, 0.1) is 0 Å². The number of halogens is 6. The van der Waals surface area contributed by atoms with Crippen LogP contribution in [0.3, 0.4) is 0 Å². The molecule has 0 atom stereocenters. The molecule has 0 aliphatic carbocycles. The number of benzene rings is 1. The Morgan fingerprint density at radius 1 is 1.09 bits per heavy atom. The highest BCUT2D eigenvalue weighted by Crippen LogP contribution is 2.28. The molecule has 0 amide bonds. The van der Waals surface area contributed by atoms with Gasteiger partial charge in [-0.05, 0) is 23.8 Å². The molecule has 4 rings (SSSR count). The van der Waals surface area contributed by atoms with E-state index in [2.05, 4.69) is 14.7 Å². The summed E-state index contributed by atoms with van der Waals surface area (Å²) in [5.41, 5.74) is 1.16. The molecule has 2 aromatic heterocycles. The van der Waals surface area contributed by atoms with Crippen molar-refractivity contribution in [3.8, 4) is 17.0 Å². The summed E-state index contributed by atoms with van der Waals surface area (Å²) in [5, 5.41) is 0. The molecule has 0 fully saturated rings. The van der Waals surface area contributed by atoms with Crippen molar-refractivity contribution >= 4 is 0 Å². The van der Waals surface area contributed by atoms with Crippen molar-refractivity contribution in [2.45, 2.75) is 32.0 Å². The third-order valence-corrected chi connectivity index (χ3v) is 5.01. The third-order valence-electron chi connectivity index (χ3n) is 5.01. The summed E-state index contributed by atoms with van der Waals surface area (Å²) >= 11 is 0. The number of aromatic amines is 1. The van der Waals surface area contributed by atoms with E-state index in [4.69, 9.17) is 0 Å². The second kappa shape index (κ2) is 8.50. The first-order chi connectivity index (χ1) is 15.5. The molecule has 0 spiro atoms. The van der Waals surface area contributed by atoms with Crippen LogP contribution in [0.4, 0.5) is 26.3 Å². The molecule has 0 unspecified atom stereocenters. The van der Waals surface area contributed by atoms with E-state index in [1.165, 1.54) is 18.2 Å². The van der Waals surface area contributed by atoms with E-state index in [9.17, 15) is 31.1 Å². The van der Waals surface area contributed by atoms with Crippen molar-refractivity contribution in [2.24, 2.45) is 0 Å². The Morgan fingerprint density at radius 2 is 1.88 bits per heavy atom. The molecule has 3 heterocycles. The Hall–Kier alpha value is -3.41. The zero-order chi connectivity index (χ0) is 23.8. The van der Waals surface area contributed by atoms with Crippen molar-refractivity contribution < 1.29 is 31.1 Å². The summed E-state index contributed by atoms with van der Waals surface area (Å²) in [6.07, 6.45) is -7.77. The van der Waals surface area contributed by atoms with Gasteiger partial charge in [0.1, 0.15) is 5.75 Å². The summed E-state index contributed by atoms with van der Waals surface area (Å²) in [7, 11) is 0. The minimum absolute atomic E-state index is 0.133. The van der Waals surface area contributed by atoms with Crippen LogP contribution in [0.2, 0.25) is 0 Å². The quantitative estimate of drug-likeness (QED) is 0.576. The highest BCUT2D eigenvalue weighted by Gasteiger charge is 2.36. The number of hydrogen-bond acceptors (Lipinski definition) is 5. The largest absolute Gasteiger partial charge is 0.573 e. The highest BCUT2D eigenvalue weighted by atomic mass is 19.4. The zero-order valence-corrected chi connectivity index (χ0v) is 16.8. The standard InChI is InChI=1S/C21H16F6N4O2/c22-20(23,24)19-29-17-6-7-31(11-15(17)18(32)30-19)10-12-4-5-16(28-9-12)13-2-1-3-14(8-13)33-21(25,26)27/h1-5,8-9H,6-7,10-11H2,(H,29,30,32). The summed E-state index contributed by atoms with van der Waals surface area (Å²) in [4.78, 5) is 23.6. The molecule has 1 aromatic carbocycles. The molecular formula is C21H16F6N4O2. The number of hydrogen-bond donors (Lipinski definition) is 1. The van der Waals surface area contributed by atoms with Crippen molar-refractivity contribution in [3.05, 3.63) is 75.6 Å². The minimum Gasteiger partial charge on any atom is -0.406 e. The maximum absolute atomic E-state index is 12.8. The van der Waals surface area contributed by atoms with Crippen LogP contribution in [0.1, 0.15) is 22.6 Å². The lowest BCUT2D eigenvalue weighted by atomic mass is 10.1. The Morgan fingerprint density at radius 3 is 2.55 bits per heavy atom. The topological polar surface area (TPSA) is 71.1 Å². The van der Waals surface area contributed by atoms with Gasteiger partial charge in [-0.3, -0.25) is 14.7 Å². The summed E-state index contributed by atoms with van der Waals surface area (Å²) < 4.78 is 79.7. The molecule has 174 valence electrons. The van der Waals surface area contributed by atoms with Gasteiger partial charge in [-0.15, -0.1) is 13.2 Å². The lowest BCUT2D eigenvalue weighted by molar-refractivity contribution is -0.274. The predicted molar refractivity (Wildman–Crippen MR) is 104 cm³/mol. The average molecular weight is 470 g/mol. The number of H-pyrrole nitrogens is 1. The summed E-state index contributed by atoms with van der Waals surface area (Å²) in [6.45, 7) is 0.915. The predicted octanol–water partition coefficient (Wildman–Crippen LogP) is 4.31. The van der Waals surface area contributed by atoms with Crippen molar-refractivity contribution in [1.82, 2.24) is 19.9 Å². The second-order valence-electron chi connectivity index (χ2n) is 7.43. The van der Waals surface area contributed by atoms with Gasteiger partial charge < -0.3 is 9.72 Å². The van der Waals surface area contributed by atoms with E-state index >= 15 is 0 Å². The molecule has 3 aromatic rings. The van der Waals surface area contributed by atoms with Gasteiger partial charge in [-0.1, -0.05) is 18.2 Å². The first-order valence-electron chi connectivity index (χ1n) is 9.71. The average Bonchev–Trinajstić information content (AvgIpc) is 2.73. The van der Waals surface area contributed by atoms with E-state index in [1.807, 2.05) is 4.90 Å². The molecule has 0 bridgehead atoms. The maximum Gasteiger partial charge on any atom is 0.573 e. The SMILES string of the molecule is O=c1[nH]c(C(F)(F)F)nc2c1CN(Cc1ccc(-c3cccc(OC(F)(F)F)c3)nc1)CC2. The maximum atomic E-state index is 12.8. The fourth-order valence-corrected chi connectivity index (χ4v) is 3.55. The molecule has 1 aliphatic rings. The normalized spacial score (nSPS) is 14.7. The number of nitrogens with one attached hydrogen (secondary N) is 1. The van der Waals surface area contributed by atoms with E-state index in [0.717, 1.165) is 5.56 Å². The number of alkyl halides is 6. The Balaban J connectivity index is 1.46. The second-order valence-corrected chi connectivity index (χ2v) is 7.43. The lowest BCUT2D eigenvalue weighted by Gasteiger charge is -2.27. The van der Waals surface area contributed by atoms with E-state index in [0.29, 0.717) is 24.3 Å². The van der Waals surface area contributed by atoms with Crippen molar-refractivity contribution in [3.63, 3.8) is 0 Å². The van der Waals surface area contributed by atoms with E-state index in [1.54, 1.807) is 29.4 Å². The van der Waals surface area contributed by atoms with Crippen LogP contribution < -0.4 is 10.3 Å². The van der Waals surface area contributed by atoms with Crippen LogP contribution >= 0.6 is 0 Å². The molecule has 6 nitrogen and oxygen atoms in total. The highest BCUT2D eigenvalue weighted by molar-refractivity contribution is 5.61. The van der Waals surface area contributed by atoms with Crippen molar-refractivity contribution in [2.75, 3.05) is 6.54 Å². The smallest absolute Gasteiger partial charge is 0.406 e. The number of aromatic nitrogens is 3. The van der Waals surface area contributed by atoms with Gasteiger partial charge in [0.25, 0.3) is 5.56 Å². The van der Waals surface area contributed by atoms with Gasteiger partial charge in [-0.2, -0.15) is 13.2 Å². The van der Waals surface area contributed by atoms with Crippen LogP contribution in [-0.4, -0.2) is 32.8 Å². The van der Waals surface area contributed by atoms with Gasteiger partial charge in [0.15, 0.2) is 0 Å². The molecule has 1 N–H and O–H groups in total. The van der Waals surface area contributed by atoms with E-state index in [-0.39, 0.29) is 30.0 Å². The molecule has 1 aliphatic heterocycles. The molecule has 0 saturated carbocycles. The molecule has 0 saturated heterocycles. The Bertz CT molecular complexity index is 1210. The van der Waals surface area contributed by atoms with Gasteiger partial charge in [0.05, 0.1) is 17.0 Å². The first kappa shape index (κ1) is 22.8. The minimum atomic E-state index is -4.80. The van der Waals surface area contributed by atoms with Gasteiger partial charge >= 0.3 is 12.5 Å². The number of ether oxygens (including phenoxy) is 1. The molecule has 12 heteroatoms. The number of nitrogens with zero attached hydrogens (tertiary/aromatic N) is 3. The van der Waals surface area contributed by atoms with Crippen LogP contribution in [-0.2, 0) is 25.7 Å². The third kappa shape index (κ3) is 5.51. The number of fused-ring (bicyclic) bond motifs is 1. The first-order valence-corrected chi connectivity index (χ1v) is 9.71. The lowest BCUT2D eigenvalue weighted by Crippen LogP contribution is -2.36. The van der Waals surface area contributed by atoms with Gasteiger partial charge in [0, 0.05) is 37.8 Å². The summed E-state index contributed by atoms with van der Waals surface area (Å²) in [5.74, 6) is -1.66. The van der Waals surface area contributed by atoms with Crippen LogP contribution in [0.25, 0.3) is 11.3 Å².